The summed E-state index contributed by atoms with van der Waals surface area (Å²) in [4.78, 5) is 22.6. The lowest BCUT2D eigenvalue weighted by Gasteiger charge is -2.14. The van der Waals surface area contributed by atoms with Crippen LogP contribution in [0.3, 0.4) is 0 Å². The first-order valence-electron chi connectivity index (χ1n) is 11.1. The van der Waals surface area contributed by atoms with Crippen LogP contribution in [0.5, 0.6) is 0 Å². The van der Waals surface area contributed by atoms with E-state index in [0.717, 1.165) is 53.1 Å². The minimum atomic E-state index is -0.0550. The van der Waals surface area contributed by atoms with Gasteiger partial charge in [0.2, 0.25) is 5.91 Å². The molecule has 8 heteroatoms. The predicted molar refractivity (Wildman–Crippen MR) is 123 cm³/mol. The number of aromatic nitrogens is 4. The summed E-state index contributed by atoms with van der Waals surface area (Å²) in [6.45, 7) is 4.89. The molecule has 2 N–H and O–H groups in total. The molecule has 1 aromatic carbocycles. The highest BCUT2D eigenvalue weighted by molar-refractivity contribution is 5.87. The van der Waals surface area contributed by atoms with Gasteiger partial charge in [0.25, 0.3) is 0 Å². The number of carbonyl (C=O) groups excluding carboxylic acids is 1. The van der Waals surface area contributed by atoms with Crippen LogP contribution in [0.4, 0.5) is 5.82 Å². The highest BCUT2D eigenvalue weighted by Gasteiger charge is 2.30. The fourth-order valence-corrected chi connectivity index (χ4v) is 4.48. The summed E-state index contributed by atoms with van der Waals surface area (Å²) in [6.07, 6.45) is 5.94. The summed E-state index contributed by atoms with van der Waals surface area (Å²) in [5.74, 6) is 8.23. The molecule has 1 aliphatic heterocycles. The maximum Gasteiger partial charge on any atom is 0.245 e. The Labute approximate surface area is 190 Å². The maximum atomic E-state index is 12.0. The van der Waals surface area contributed by atoms with Crippen molar-refractivity contribution in [1.29, 1.82) is 0 Å². The van der Waals surface area contributed by atoms with Crippen molar-refractivity contribution in [3.8, 4) is 11.8 Å². The molecule has 1 unspecified atom stereocenters. The van der Waals surface area contributed by atoms with Gasteiger partial charge in [0.15, 0.2) is 17.3 Å². The van der Waals surface area contributed by atoms with Crippen LogP contribution < -0.4 is 5.73 Å². The highest BCUT2D eigenvalue weighted by atomic mass is 16.3. The molecule has 1 atom stereocenters. The van der Waals surface area contributed by atoms with Gasteiger partial charge in [0.05, 0.1) is 5.56 Å². The molecule has 2 fully saturated rings. The average Bonchev–Trinajstić information content (AvgIpc) is 3.24. The van der Waals surface area contributed by atoms with Gasteiger partial charge in [-0.05, 0) is 49.6 Å². The van der Waals surface area contributed by atoms with E-state index in [4.69, 9.17) is 10.2 Å². The van der Waals surface area contributed by atoms with E-state index in [2.05, 4.69) is 33.5 Å². The molecule has 33 heavy (non-hydrogen) atoms. The third-order valence-corrected chi connectivity index (χ3v) is 6.38. The molecule has 1 saturated heterocycles. The lowest BCUT2D eigenvalue weighted by Crippen LogP contribution is -2.26. The number of fused-ring (bicyclic) bond motifs is 2. The third kappa shape index (κ3) is 3.42. The van der Waals surface area contributed by atoms with Crippen molar-refractivity contribution in [2.24, 2.45) is 0 Å². The normalized spacial score (nSPS) is 17.9. The predicted octanol–water partition coefficient (Wildman–Crippen LogP) is 3.23. The van der Waals surface area contributed by atoms with Crippen LogP contribution in [0.25, 0.3) is 16.6 Å². The Balaban J connectivity index is 1.36. The number of oxazole rings is 1. The van der Waals surface area contributed by atoms with Gasteiger partial charge in [-0.1, -0.05) is 18.4 Å². The summed E-state index contributed by atoms with van der Waals surface area (Å²) in [5, 5.41) is 4.43. The SMILES string of the molecule is C=CC(=O)N1CCC(c2cc(C#Cc3ccc4oc(C5CC5)nc4c3)c3c(N)ncnn23)C1. The quantitative estimate of drug-likeness (QED) is 0.389. The van der Waals surface area contributed by atoms with Gasteiger partial charge < -0.3 is 15.1 Å². The molecule has 1 aliphatic carbocycles. The second kappa shape index (κ2) is 7.48. The van der Waals surface area contributed by atoms with Crippen molar-refractivity contribution in [3.63, 3.8) is 0 Å². The van der Waals surface area contributed by atoms with Crippen molar-refractivity contribution >= 4 is 28.3 Å². The maximum absolute atomic E-state index is 12.0. The second-order valence-electron chi connectivity index (χ2n) is 8.62. The van der Waals surface area contributed by atoms with Crippen LogP contribution in [0.1, 0.15) is 53.8 Å². The van der Waals surface area contributed by atoms with Gasteiger partial charge in [-0.25, -0.2) is 14.5 Å². The molecule has 0 bridgehead atoms. The number of hydrogen-bond donors (Lipinski definition) is 1. The summed E-state index contributed by atoms with van der Waals surface area (Å²) in [7, 11) is 0. The van der Waals surface area contributed by atoms with Crippen LogP contribution in [-0.4, -0.2) is 43.5 Å². The van der Waals surface area contributed by atoms with E-state index in [0.29, 0.717) is 30.3 Å². The Kier molecular flexibility index (Phi) is 4.44. The molecular weight excluding hydrogens is 416 g/mol. The highest BCUT2D eigenvalue weighted by Crippen LogP contribution is 2.40. The molecular formula is C25H22N6O2. The topological polar surface area (TPSA) is 103 Å². The molecule has 0 spiro atoms. The second-order valence-corrected chi connectivity index (χ2v) is 8.62. The van der Waals surface area contributed by atoms with Gasteiger partial charge >= 0.3 is 0 Å². The van der Waals surface area contributed by atoms with Crippen molar-refractivity contribution in [2.75, 3.05) is 18.8 Å². The lowest BCUT2D eigenvalue weighted by atomic mass is 10.0. The molecule has 164 valence electrons. The van der Waals surface area contributed by atoms with Crippen molar-refractivity contribution in [3.05, 3.63) is 66.0 Å². The number of nitrogens with zero attached hydrogens (tertiary/aromatic N) is 5. The Morgan fingerprint density at radius 2 is 2.09 bits per heavy atom. The zero-order valence-electron chi connectivity index (χ0n) is 18.0. The van der Waals surface area contributed by atoms with E-state index in [1.807, 2.05) is 28.8 Å². The molecule has 4 heterocycles. The molecule has 8 nitrogen and oxygen atoms in total. The van der Waals surface area contributed by atoms with Gasteiger partial charge in [-0.2, -0.15) is 5.10 Å². The summed E-state index contributed by atoms with van der Waals surface area (Å²) < 4.78 is 7.65. The number of nitrogen functional groups attached to an aromatic ring is 1. The first-order valence-corrected chi connectivity index (χ1v) is 11.1. The molecule has 6 rings (SSSR count). The van der Waals surface area contributed by atoms with Gasteiger partial charge in [-0.15, -0.1) is 0 Å². The monoisotopic (exact) mass is 438 g/mol. The zero-order valence-corrected chi connectivity index (χ0v) is 18.0. The van der Waals surface area contributed by atoms with Crippen LogP contribution in [0, 0.1) is 11.8 Å². The number of amides is 1. The van der Waals surface area contributed by atoms with E-state index in [1.54, 1.807) is 4.90 Å². The van der Waals surface area contributed by atoms with Crippen molar-refractivity contribution in [1.82, 2.24) is 24.5 Å². The van der Waals surface area contributed by atoms with E-state index in [-0.39, 0.29) is 11.8 Å². The standard InChI is InChI=1S/C25H22N6O2/c1-2-22(32)30-10-9-18(13-30)20-12-17(23-24(26)27-14-28-31(20)23)5-3-15-4-8-21-19(11-15)29-25(33-21)16-6-7-16/h2,4,8,11-12,14,16,18H,1,6-7,9-10,13H2,(H2,26,27,28). The Hall–Kier alpha value is -4.12. The minimum Gasteiger partial charge on any atom is -0.440 e. The van der Waals surface area contributed by atoms with E-state index in [9.17, 15) is 4.79 Å². The van der Waals surface area contributed by atoms with Crippen LogP contribution in [0.15, 0.2) is 47.7 Å². The van der Waals surface area contributed by atoms with Crippen LogP contribution in [-0.2, 0) is 4.79 Å². The third-order valence-electron chi connectivity index (χ3n) is 6.38. The fourth-order valence-electron chi connectivity index (χ4n) is 4.48. The number of benzene rings is 1. The smallest absolute Gasteiger partial charge is 0.245 e. The first-order chi connectivity index (χ1) is 16.1. The number of nitrogens with two attached hydrogens (primary N) is 1. The summed E-state index contributed by atoms with van der Waals surface area (Å²) >= 11 is 0. The molecule has 1 amide bonds. The minimum absolute atomic E-state index is 0.0550. The van der Waals surface area contributed by atoms with Gasteiger partial charge in [0.1, 0.15) is 17.4 Å². The summed E-state index contributed by atoms with van der Waals surface area (Å²) in [6, 6.07) is 7.82. The Morgan fingerprint density at radius 1 is 1.21 bits per heavy atom. The van der Waals surface area contributed by atoms with E-state index in [1.165, 1.54) is 12.4 Å². The van der Waals surface area contributed by atoms with Crippen LogP contribution in [0.2, 0.25) is 0 Å². The first kappa shape index (κ1) is 19.6. The molecule has 3 aromatic heterocycles. The van der Waals surface area contributed by atoms with Gasteiger partial charge in [-0.3, -0.25) is 4.79 Å². The molecule has 2 aliphatic rings. The number of anilines is 1. The largest absolute Gasteiger partial charge is 0.440 e. The molecule has 4 aromatic rings. The zero-order chi connectivity index (χ0) is 22.5. The lowest BCUT2D eigenvalue weighted by molar-refractivity contribution is -0.125. The Bertz CT molecular complexity index is 1480. The van der Waals surface area contributed by atoms with E-state index < -0.39 is 0 Å². The van der Waals surface area contributed by atoms with Crippen molar-refractivity contribution in [2.45, 2.75) is 31.1 Å². The van der Waals surface area contributed by atoms with Crippen LogP contribution >= 0.6 is 0 Å². The fraction of sp³-hybridized carbons (Fsp3) is 0.280. The van der Waals surface area contributed by atoms with Crippen molar-refractivity contribution < 1.29 is 9.21 Å². The van der Waals surface area contributed by atoms with E-state index >= 15 is 0 Å². The Morgan fingerprint density at radius 3 is 2.91 bits per heavy atom. The molecule has 0 radical (unpaired) electrons. The van der Waals surface area contributed by atoms with Gasteiger partial charge in [0, 0.05) is 36.2 Å². The number of carbonyl (C=O) groups is 1. The summed E-state index contributed by atoms with van der Waals surface area (Å²) in [5.41, 5.74) is 11.1. The number of rotatable bonds is 3. The average molecular weight is 438 g/mol. The number of hydrogen-bond acceptors (Lipinski definition) is 6. The number of likely N-dealkylation sites (tertiary alicyclic amines) is 1. The molecule has 1 saturated carbocycles.